The second-order valence-corrected chi connectivity index (χ2v) is 7.10. The van der Waals surface area contributed by atoms with Crippen molar-refractivity contribution >= 4 is 21.4 Å². The molecule has 2 aromatic rings. The molecule has 1 saturated heterocycles. The van der Waals surface area contributed by atoms with E-state index in [1.165, 1.54) is 22.1 Å². The zero-order valence-electron chi connectivity index (χ0n) is 12.8. The van der Waals surface area contributed by atoms with Gasteiger partial charge in [-0.05, 0) is 56.0 Å². The first-order valence-electron chi connectivity index (χ1n) is 7.67. The molecular weight excluding hydrogens is 280 g/mol. The predicted octanol–water partition coefficient (Wildman–Crippen LogP) is 2.44. The molecule has 21 heavy (non-hydrogen) atoms. The fraction of sp³-hybridized carbons (Fsp3) is 0.529. The van der Waals surface area contributed by atoms with Gasteiger partial charge in [0.25, 0.3) is 0 Å². The zero-order valence-corrected chi connectivity index (χ0v) is 13.6. The van der Waals surface area contributed by atoms with Crippen LogP contribution in [0.4, 0.5) is 0 Å². The normalized spacial score (nSPS) is 23.3. The molecular formula is C17H24N2OS. The summed E-state index contributed by atoms with van der Waals surface area (Å²) in [6.07, 6.45) is 1.61. The molecule has 0 bridgehead atoms. The highest BCUT2D eigenvalue weighted by Gasteiger charge is 2.27. The van der Waals surface area contributed by atoms with Crippen LogP contribution in [0.25, 0.3) is 10.1 Å². The second kappa shape index (κ2) is 6.44. The average Bonchev–Trinajstić information content (AvgIpc) is 2.79. The lowest BCUT2D eigenvalue weighted by atomic mass is 10.0. The van der Waals surface area contributed by atoms with Gasteiger partial charge in [0.15, 0.2) is 0 Å². The smallest absolute Gasteiger partial charge is 0.0748 e. The van der Waals surface area contributed by atoms with Gasteiger partial charge in [0.2, 0.25) is 0 Å². The molecule has 2 heterocycles. The molecule has 1 aliphatic rings. The van der Waals surface area contributed by atoms with Crippen LogP contribution in [-0.2, 0) is 6.42 Å². The van der Waals surface area contributed by atoms with Crippen LogP contribution in [-0.4, -0.2) is 60.8 Å². The summed E-state index contributed by atoms with van der Waals surface area (Å²) < 4.78 is 1.31. The highest BCUT2D eigenvalue weighted by atomic mass is 32.1. The summed E-state index contributed by atoms with van der Waals surface area (Å²) in [6.45, 7) is 3.13. The molecule has 2 unspecified atom stereocenters. The fourth-order valence-corrected chi connectivity index (χ4v) is 4.25. The van der Waals surface area contributed by atoms with Crippen LogP contribution >= 0.6 is 11.3 Å². The molecule has 1 aromatic heterocycles. The molecule has 3 rings (SSSR count). The number of fused-ring (bicyclic) bond motifs is 1. The second-order valence-electron chi connectivity index (χ2n) is 6.19. The maximum absolute atomic E-state index is 10.8. The largest absolute Gasteiger partial charge is 0.391 e. The van der Waals surface area contributed by atoms with Crippen LogP contribution in [0.5, 0.6) is 0 Å². The summed E-state index contributed by atoms with van der Waals surface area (Å²) in [6, 6.07) is 8.69. The van der Waals surface area contributed by atoms with Crippen molar-refractivity contribution < 1.29 is 5.11 Å². The SMILES string of the molecule is CN1CCCN(C)C(C(O)Cc2csc3ccccc23)C1. The van der Waals surface area contributed by atoms with E-state index >= 15 is 0 Å². The zero-order chi connectivity index (χ0) is 14.8. The number of likely N-dealkylation sites (N-methyl/N-ethyl adjacent to an activating group) is 2. The van der Waals surface area contributed by atoms with Gasteiger partial charge in [0, 0.05) is 23.7 Å². The molecule has 4 heteroatoms. The lowest BCUT2D eigenvalue weighted by molar-refractivity contribution is 0.0584. The molecule has 0 amide bonds. The van der Waals surface area contributed by atoms with Gasteiger partial charge in [-0.25, -0.2) is 0 Å². The van der Waals surface area contributed by atoms with E-state index in [1.54, 1.807) is 11.3 Å². The van der Waals surface area contributed by atoms with Gasteiger partial charge >= 0.3 is 0 Å². The van der Waals surface area contributed by atoms with Gasteiger partial charge in [0.05, 0.1) is 6.10 Å². The Labute approximate surface area is 130 Å². The molecule has 1 aliphatic heterocycles. The van der Waals surface area contributed by atoms with Gasteiger partial charge in [-0.15, -0.1) is 11.3 Å². The number of nitrogens with zero attached hydrogens (tertiary/aromatic N) is 2. The Morgan fingerprint density at radius 2 is 2.10 bits per heavy atom. The van der Waals surface area contributed by atoms with Gasteiger partial charge in [-0.3, -0.25) is 4.90 Å². The highest BCUT2D eigenvalue weighted by molar-refractivity contribution is 7.17. The summed E-state index contributed by atoms with van der Waals surface area (Å²) in [5, 5.41) is 14.3. The minimum absolute atomic E-state index is 0.219. The van der Waals surface area contributed by atoms with Crippen molar-refractivity contribution in [3.05, 3.63) is 35.2 Å². The molecule has 0 spiro atoms. The third kappa shape index (κ3) is 3.29. The summed E-state index contributed by atoms with van der Waals surface area (Å²) >= 11 is 1.77. The Morgan fingerprint density at radius 1 is 1.29 bits per heavy atom. The van der Waals surface area contributed by atoms with E-state index in [9.17, 15) is 5.11 Å². The van der Waals surface area contributed by atoms with Gasteiger partial charge in [-0.2, -0.15) is 0 Å². The van der Waals surface area contributed by atoms with E-state index in [0.29, 0.717) is 0 Å². The van der Waals surface area contributed by atoms with E-state index in [2.05, 4.69) is 53.5 Å². The number of rotatable bonds is 3. The molecule has 0 saturated carbocycles. The number of aliphatic hydroxyl groups excluding tert-OH is 1. The number of hydrogen-bond acceptors (Lipinski definition) is 4. The quantitative estimate of drug-likeness (QED) is 0.943. The highest BCUT2D eigenvalue weighted by Crippen LogP contribution is 2.27. The van der Waals surface area contributed by atoms with Crippen molar-refractivity contribution in [2.24, 2.45) is 0 Å². The van der Waals surface area contributed by atoms with Crippen molar-refractivity contribution in [3.63, 3.8) is 0 Å². The van der Waals surface area contributed by atoms with Gasteiger partial charge < -0.3 is 10.0 Å². The topological polar surface area (TPSA) is 26.7 Å². The standard InChI is InChI=1S/C17H24N2OS/c1-18-8-5-9-19(2)15(11-18)16(20)10-13-12-21-17-7-4-3-6-14(13)17/h3-4,6-7,12,15-16,20H,5,8-11H2,1-2H3. The van der Waals surface area contributed by atoms with E-state index in [-0.39, 0.29) is 12.1 Å². The van der Waals surface area contributed by atoms with E-state index in [1.807, 2.05) is 0 Å². The minimum atomic E-state index is -0.312. The maximum atomic E-state index is 10.8. The van der Waals surface area contributed by atoms with Crippen molar-refractivity contribution in [1.29, 1.82) is 0 Å². The van der Waals surface area contributed by atoms with Crippen LogP contribution in [0.3, 0.4) is 0 Å². The molecule has 1 N–H and O–H groups in total. The van der Waals surface area contributed by atoms with Crippen LogP contribution < -0.4 is 0 Å². The first-order valence-corrected chi connectivity index (χ1v) is 8.55. The fourth-order valence-electron chi connectivity index (χ4n) is 3.27. The van der Waals surface area contributed by atoms with E-state index in [4.69, 9.17) is 0 Å². The molecule has 1 fully saturated rings. The van der Waals surface area contributed by atoms with Crippen LogP contribution in [0.15, 0.2) is 29.6 Å². The Balaban J connectivity index is 1.77. The number of hydrogen-bond donors (Lipinski definition) is 1. The van der Waals surface area contributed by atoms with E-state index < -0.39 is 0 Å². The van der Waals surface area contributed by atoms with Crippen LogP contribution in [0.2, 0.25) is 0 Å². The molecule has 1 aromatic carbocycles. The molecule has 0 aliphatic carbocycles. The maximum Gasteiger partial charge on any atom is 0.0748 e. The van der Waals surface area contributed by atoms with Crippen molar-refractivity contribution in [3.8, 4) is 0 Å². The van der Waals surface area contributed by atoms with Crippen molar-refractivity contribution in [1.82, 2.24) is 9.80 Å². The van der Waals surface area contributed by atoms with Crippen LogP contribution in [0.1, 0.15) is 12.0 Å². The first-order chi connectivity index (χ1) is 10.1. The van der Waals surface area contributed by atoms with Crippen molar-refractivity contribution in [2.75, 3.05) is 33.7 Å². The van der Waals surface area contributed by atoms with Gasteiger partial charge in [0.1, 0.15) is 0 Å². The minimum Gasteiger partial charge on any atom is -0.391 e. The Bertz CT molecular complexity index is 597. The Kier molecular flexibility index (Phi) is 4.60. The molecule has 3 nitrogen and oxygen atoms in total. The monoisotopic (exact) mass is 304 g/mol. The number of benzene rings is 1. The third-order valence-corrected chi connectivity index (χ3v) is 5.56. The summed E-state index contributed by atoms with van der Waals surface area (Å²) in [5.74, 6) is 0. The summed E-state index contributed by atoms with van der Waals surface area (Å²) in [7, 11) is 4.29. The van der Waals surface area contributed by atoms with Gasteiger partial charge in [-0.1, -0.05) is 18.2 Å². The Hall–Kier alpha value is -0.940. The van der Waals surface area contributed by atoms with Crippen LogP contribution in [0, 0.1) is 0 Å². The molecule has 2 atom stereocenters. The third-order valence-electron chi connectivity index (χ3n) is 4.55. The predicted molar refractivity (Wildman–Crippen MR) is 90.1 cm³/mol. The first kappa shape index (κ1) is 15.0. The lowest BCUT2D eigenvalue weighted by Crippen LogP contribution is -2.46. The van der Waals surface area contributed by atoms with Crippen molar-refractivity contribution in [2.45, 2.75) is 25.0 Å². The molecule has 114 valence electrons. The van der Waals surface area contributed by atoms with E-state index in [0.717, 1.165) is 26.1 Å². The average molecular weight is 304 g/mol. The summed E-state index contributed by atoms with van der Waals surface area (Å²) in [4.78, 5) is 4.66. The molecule has 0 radical (unpaired) electrons. The lowest BCUT2D eigenvalue weighted by Gasteiger charge is -2.31. The Morgan fingerprint density at radius 3 is 2.95 bits per heavy atom. The summed E-state index contributed by atoms with van der Waals surface area (Å²) in [5.41, 5.74) is 1.28. The number of thiophene rings is 1. The number of aliphatic hydroxyl groups is 1.